The topological polar surface area (TPSA) is 133 Å². The van der Waals surface area contributed by atoms with Crippen molar-refractivity contribution in [2.24, 2.45) is 5.92 Å². The van der Waals surface area contributed by atoms with Crippen molar-refractivity contribution in [2.75, 3.05) is 13.1 Å². The van der Waals surface area contributed by atoms with Crippen LogP contribution in [0.2, 0.25) is 0 Å². The lowest BCUT2D eigenvalue weighted by Gasteiger charge is -2.34. The summed E-state index contributed by atoms with van der Waals surface area (Å²) >= 11 is 0. The van der Waals surface area contributed by atoms with E-state index in [1.165, 1.54) is 19.9 Å². The zero-order valence-electron chi connectivity index (χ0n) is 20.9. The molecule has 1 aromatic rings. The summed E-state index contributed by atoms with van der Waals surface area (Å²) in [6, 6.07) is 0.00330. The molecule has 1 aromatic carbocycles. The van der Waals surface area contributed by atoms with Crippen LogP contribution in [0.15, 0.2) is 23.1 Å². The minimum Gasteiger partial charge on any atom is -0.507 e. The van der Waals surface area contributed by atoms with Gasteiger partial charge in [0, 0.05) is 42.4 Å². The smallest absolute Gasteiger partial charge is 0.225 e. The maximum absolute atomic E-state index is 13.9. The highest BCUT2D eigenvalue weighted by Crippen LogP contribution is 2.57. The number of carbonyl (C=O) groups excluding carboxylic acids is 4. The number of piperidine rings is 1. The molecule has 1 atom stereocenters. The molecule has 1 saturated carbocycles. The number of nitrogens with one attached hydrogen (secondary N) is 1. The van der Waals surface area contributed by atoms with E-state index in [4.69, 9.17) is 4.74 Å². The van der Waals surface area contributed by atoms with Crippen molar-refractivity contribution >= 4 is 23.3 Å². The third-order valence-corrected chi connectivity index (χ3v) is 7.91. The lowest BCUT2D eigenvalue weighted by molar-refractivity contribution is -0.133. The SMILES string of the molecule is CC(=O)c1c(O)c(C)c(O)c2c1OC1=CC(=O)/C(=C(/C)NC3CCN(C(=O)C4CC4)CC3)C(=O)[C@@]12C. The Morgan fingerprint density at radius 3 is 2.31 bits per heavy atom. The number of nitrogens with zero attached hydrogens (tertiary/aromatic N) is 1. The number of fused-ring (bicyclic) bond motifs is 3. The van der Waals surface area contributed by atoms with Gasteiger partial charge < -0.3 is 25.2 Å². The lowest BCUT2D eigenvalue weighted by atomic mass is 9.70. The van der Waals surface area contributed by atoms with Gasteiger partial charge in [0.2, 0.25) is 5.91 Å². The van der Waals surface area contributed by atoms with Gasteiger partial charge in [-0.3, -0.25) is 19.2 Å². The standard InChI is InChI=1S/C27H30N2O7/c1-12-22(32)20(14(3)30)24-21(23(12)33)27(4)18(36-24)11-17(31)19(25(27)34)13(2)28-16-7-9-29(10-8-16)26(35)15-5-6-15/h11,15-16,28,32-33H,5-10H2,1-4H3/b19-13+/t27-/m0/s1. The highest BCUT2D eigenvalue weighted by Gasteiger charge is 2.56. The Balaban J connectivity index is 1.47. The second-order valence-corrected chi connectivity index (χ2v) is 10.4. The summed E-state index contributed by atoms with van der Waals surface area (Å²) in [5.41, 5.74) is -1.15. The molecule has 1 amide bonds. The first kappa shape index (κ1) is 24.1. The Hall–Kier alpha value is -3.62. The summed E-state index contributed by atoms with van der Waals surface area (Å²) < 4.78 is 5.80. The van der Waals surface area contributed by atoms with Gasteiger partial charge in [-0.05, 0) is 53.4 Å². The van der Waals surface area contributed by atoms with E-state index in [9.17, 15) is 29.4 Å². The van der Waals surface area contributed by atoms with Gasteiger partial charge in [-0.25, -0.2) is 0 Å². The number of hydrogen-bond donors (Lipinski definition) is 3. The first-order chi connectivity index (χ1) is 17.0. The maximum atomic E-state index is 13.9. The van der Waals surface area contributed by atoms with Crippen molar-refractivity contribution in [3.63, 3.8) is 0 Å². The minimum absolute atomic E-state index is 0.00330. The van der Waals surface area contributed by atoms with Crippen LogP contribution in [0.5, 0.6) is 17.2 Å². The van der Waals surface area contributed by atoms with Gasteiger partial charge in [-0.2, -0.15) is 0 Å². The van der Waals surface area contributed by atoms with Crippen LogP contribution in [0.25, 0.3) is 0 Å². The van der Waals surface area contributed by atoms with E-state index in [1.807, 2.05) is 4.90 Å². The number of likely N-dealkylation sites (tertiary alicyclic amines) is 1. The van der Waals surface area contributed by atoms with Crippen LogP contribution in [0, 0.1) is 12.8 Å². The number of rotatable bonds is 4. The molecule has 0 spiro atoms. The molecule has 0 radical (unpaired) electrons. The summed E-state index contributed by atoms with van der Waals surface area (Å²) in [4.78, 5) is 53.5. The Kier molecular flexibility index (Phi) is 5.50. The van der Waals surface area contributed by atoms with Crippen molar-refractivity contribution < 1.29 is 34.1 Å². The quantitative estimate of drug-likeness (QED) is 0.330. The zero-order chi connectivity index (χ0) is 26.1. The molecule has 190 valence electrons. The molecule has 5 rings (SSSR count). The fourth-order valence-electron chi connectivity index (χ4n) is 5.57. The Morgan fingerprint density at radius 1 is 1.08 bits per heavy atom. The fraction of sp³-hybridized carbons (Fsp3) is 0.481. The highest BCUT2D eigenvalue weighted by atomic mass is 16.5. The van der Waals surface area contributed by atoms with Crippen LogP contribution in [0.4, 0.5) is 0 Å². The Labute approximate surface area is 208 Å². The number of ketones is 3. The van der Waals surface area contributed by atoms with Gasteiger partial charge >= 0.3 is 0 Å². The van der Waals surface area contributed by atoms with E-state index < -0.39 is 28.5 Å². The number of phenols is 2. The second-order valence-electron chi connectivity index (χ2n) is 10.4. The van der Waals surface area contributed by atoms with Crippen molar-refractivity contribution in [3.05, 3.63) is 39.8 Å². The van der Waals surface area contributed by atoms with E-state index in [1.54, 1.807) is 13.8 Å². The van der Waals surface area contributed by atoms with Crippen molar-refractivity contribution in [2.45, 2.75) is 64.8 Å². The highest BCUT2D eigenvalue weighted by molar-refractivity contribution is 6.31. The fourth-order valence-corrected chi connectivity index (χ4v) is 5.57. The molecule has 2 aliphatic heterocycles. The largest absolute Gasteiger partial charge is 0.507 e. The average Bonchev–Trinajstić information content (AvgIpc) is 3.62. The first-order valence-electron chi connectivity index (χ1n) is 12.3. The molecule has 2 heterocycles. The van der Waals surface area contributed by atoms with Crippen molar-refractivity contribution in [1.29, 1.82) is 0 Å². The molecular formula is C27H30N2O7. The first-order valence-corrected chi connectivity index (χ1v) is 12.3. The third-order valence-electron chi connectivity index (χ3n) is 7.91. The molecule has 1 saturated heterocycles. The van der Waals surface area contributed by atoms with Crippen LogP contribution in [0.1, 0.15) is 67.9 Å². The zero-order valence-corrected chi connectivity index (χ0v) is 20.9. The summed E-state index contributed by atoms with van der Waals surface area (Å²) in [6.07, 6.45) is 4.56. The van der Waals surface area contributed by atoms with Gasteiger partial charge in [0.1, 0.15) is 34.0 Å². The molecule has 2 fully saturated rings. The molecule has 0 bridgehead atoms. The minimum atomic E-state index is -1.53. The molecule has 0 unspecified atom stereocenters. The number of carbonyl (C=O) groups is 4. The van der Waals surface area contributed by atoms with Crippen LogP contribution in [0.3, 0.4) is 0 Å². The number of aromatic hydroxyl groups is 2. The van der Waals surface area contributed by atoms with Crippen LogP contribution in [-0.2, 0) is 19.8 Å². The molecule has 4 aliphatic rings. The molecule has 0 aromatic heterocycles. The number of amides is 1. The normalized spacial score (nSPS) is 25.1. The Bertz CT molecular complexity index is 1300. The van der Waals surface area contributed by atoms with Crippen LogP contribution >= 0.6 is 0 Å². The van der Waals surface area contributed by atoms with Crippen LogP contribution < -0.4 is 10.1 Å². The average molecular weight is 495 g/mol. The maximum Gasteiger partial charge on any atom is 0.225 e. The Morgan fingerprint density at radius 2 is 1.72 bits per heavy atom. The number of allylic oxidation sites excluding steroid dienone is 4. The number of ether oxygens (including phenoxy) is 1. The number of benzene rings is 1. The van der Waals surface area contributed by atoms with Gasteiger partial charge in [0.15, 0.2) is 17.3 Å². The molecule has 9 nitrogen and oxygen atoms in total. The lowest BCUT2D eigenvalue weighted by Crippen LogP contribution is -2.46. The summed E-state index contributed by atoms with van der Waals surface area (Å²) in [7, 11) is 0. The predicted molar refractivity (Wildman–Crippen MR) is 129 cm³/mol. The van der Waals surface area contributed by atoms with Crippen LogP contribution in [-0.4, -0.2) is 57.5 Å². The van der Waals surface area contributed by atoms with Gasteiger partial charge in [0.05, 0.1) is 11.1 Å². The molecular weight excluding hydrogens is 464 g/mol. The van der Waals surface area contributed by atoms with Crippen molar-refractivity contribution in [3.8, 4) is 17.2 Å². The number of hydrogen-bond acceptors (Lipinski definition) is 8. The second kappa shape index (κ2) is 8.21. The van der Waals surface area contributed by atoms with E-state index in [0.29, 0.717) is 31.6 Å². The summed E-state index contributed by atoms with van der Waals surface area (Å²) in [5, 5.41) is 24.7. The summed E-state index contributed by atoms with van der Waals surface area (Å²) in [6.45, 7) is 7.19. The predicted octanol–water partition coefficient (Wildman–Crippen LogP) is 2.56. The van der Waals surface area contributed by atoms with E-state index >= 15 is 0 Å². The van der Waals surface area contributed by atoms with E-state index in [0.717, 1.165) is 12.8 Å². The monoisotopic (exact) mass is 494 g/mol. The molecule has 9 heteroatoms. The summed E-state index contributed by atoms with van der Waals surface area (Å²) in [5.74, 6) is -2.03. The number of Topliss-reactive ketones (excluding diaryl/α,β-unsaturated/α-hetero) is 2. The van der Waals surface area contributed by atoms with E-state index in [2.05, 4.69) is 5.32 Å². The molecule has 3 N–H and O–H groups in total. The van der Waals surface area contributed by atoms with Gasteiger partial charge in [0.25, 0.3) is 0 Å². The van der Waals surface area contributed by atoms with Gasteiger partial charge in [-0.1, -0.05) is 0 Å². The molecule has 36 heavy (non-hydrogen) atoms. The molecule has 2 aliphatic carbocycles. The van der Waals surface area contributed by atoms with E-state index in [-0.39, 0.29) is 57.4 Å². The number of phenolic OH excluding ortho intramolecular Hbond substituents is 2. The third kappa shape index (κ3) is 3.43. The van der Waals surface area contributed by atoms with Crippen molar-refractivity contribution in [1.82, 2.24) is 10.2 Å². The van der Waals surface area contributed by atoms with Gasteiger partial charge in [-0.15, -0.1) is 0 Å².